The van der Waals surface area contributed by atoms with E-state index in [1.165, 1.54) is 25.7 Å². The molecule has 1 rings (SSSR count). The number of hydrogen-bond acceptors (Lipinski definition) is 2. The fraction of sp³-hybridized carbons (Fsp3) is 0.846. The third kappa shape index (κ3) is 4.24. The van der Waals surface area contributed by atoms with E-state index >= 15 is 0 Å². The molecule has 0 aromatic rings. The van der Waals surface area contributed by atoms with Crippen molar-refractivity contribution in [2.24, 2.45) is 0 Å². The second kappa shape index (κ2) is 6.87. The van der Waals surface area contributed by atoms with Crippen molar-refractivity contribution in [2.75, 3.05) is 20.1 Å². The molecular weight excluding hydrogens is 184 g/mol. The van der Waals surface area contributed by atoms with Crippen LogP contribution in [0.3, 0.4) is 0 Å². The normalized spacial score (nSPS) is 19.3. The highest BCUT2D eigenvalue weighted by Gasteiger charge is 2.18. The van der Waals surface area contributed by atoms with Gasteiger partial charge in [0.1, 0.15) is 0 Å². The highest BCUT2D eigenvalue weighted by Crippen LogP contribution is 2.21. The molecule has 15 heavy (non-hydrogen) atoms. The molecule has 0 aromatic carbocycles. The minimum absolute atomic E-state index is 0.252. The van der Waals surface area contributed by atoms with Crippen molar-refractivity contribution in [1.29, 1.82) is 0 Å². The van der Waals surface area contributed by atoms with E-state index in [-0.39, 0.29) is 6.04 Å². The largest absolute Gasteiger partial charge is 0.302 e. The predicted octanol–water partition coefficient (Wildman–Crippen LogP) is 1.86. The first kappa shape index (κ1) is 12.5. The van der Waals surface area contributed by atoms with Crippen molar-refractivity contribution in [3.05, 3.63) is 0 Å². The van der Waals surface area contributed by atoms with Gasteiger partial charge in [0.25, 0.3) is 0 Å². The number of nitrogens with one attached hydrogen (secondary N) is 1. The summed E-state index contributed by atoms with van der Waals surface area (Å²) in [6.07, 6.45) is 12.0. The van der Waals surface area contributed by atoms with E-state index in [1.807, 2.05) is 0 Å². The Kier molecular flexibility index (Phi) is 5.75. The van der Waals surface area contributed by atoms with Gasteiger partial charge < -0.3 is 10.2 Å². The van der Waals surface area contributed by atoms with Crippen LogP contribution in [0.5, 0.6) is 0 Å². The van der Waals surface area contributed by atoms with Gasteiger partial charge >= 0.3 is 0 Å². The molecule has 0 spiro atoms. The van der Waals surface area contributed by atoms with Gasteiger partial charge in [0.2, 0.25) is 0 Å². The zero-order chi connectivity index (χ0) is 11.1. The lowest BCUT2D eigenvalue weighted by molar-refractivity contribution is 0.244. The first-order valence-corrected chi connectivity index (χ1v) is 6.17. The zero-order valence-corrected chi connectivity index (χ0v) is 10.1. The summed E-state index contributed by atoms with van der Waals surface area (Å²) in [6, 6.07) is 1.07. The van der Waals surface area contributed by atoms with Crippen LogP contribution in [0.1, 0.15) is 39.0 Å². The van der Waals surface area contributed by atoms with Crippen LogP contribution in [-0.4, -0.2) is 37.1 Å². The first-order valence-electron chi connectivity index (χ1n) is 6.17. The minimum Gasteiger partial charge on any atom is -0.302 e. The molecule has 2 heteroatoms. The van der Waals surface area contributed by atoms with Gasteiger partial charge in [-0.1, -0.05) is 25.7 Å². The molecular formula is C13H24N2. The van der Waals surface area contributed by atoms with E-state index in [1.54, 1.807) is 0 Å². The Morgan fingerprint density at radius 2 is 2.13 bits per heavy atom. The molecule has 0 amide bonds. The van der Waals surface area contributed by atoms with Gasteiger partial charge in [-0.05, 0) is 26.3 Å². The second-order valence-electron chi connectivity index (χ2n) is 4.50. The molecule has 2 nitrogen and oxygen atoms in total. The highest BCUT2D eigenvalue weighted by atomic mass is 15.1. The summed E-state index contributed by atoms with van der Waals surface area (Å²) in [6.45, 7) is 4.25. The molecule has 0 aliphatic heterocycles. The molecule has 1 aliphatic rings. The molecule has 0 aromatic heterocycles. The molecule has 1 aliphatic carbocycles. The number of terminal acetylenes is 1. The van der Waals surface area contributed by atoms with Crippen molar-refractivity contribution >= 4 is 0 Å². The molecule has 1 N–H and O–H groups in total. The van der Waals surface area contributed by atoms with Crippen LogP contribution in [-0.2, 0) is 0 Å². The van der Waals surface area contributed by atoms with E-state index in [2.05, 4.69) is 30.1 Å². The molecule has 0 saturated heterocycles. The van der Waals surface area contributed by atoms with Gasteiger partial charge in [-0.2, -0.15) is 0 Å². The van der Waals surface area contributed by atoms with Crippen LogP contribution in [0, 0.1) is 12.3 Å². The minimum atomic E-state index is 0.252. The quantitative estimate of drug-likeness (QED) is 0.670. The van der Waals surface area contributed by atoms with Crippen LogP contribution >= 0.6 is 0 Å². The third-order valence-corrected chi connectivity index (χ3v) is 3.41. The summed E-state index contributed by atoms with van der Waals surface area (Å²) in [4.78, 5) is 2.48. The van der Waals surface area contributed by atoms with Gasteiger partial charge in [-0.3, -0.25) is 0 Å². The van der Waals surface area contributed by atoms with Crippen LogP contribution in [0.15, 0.2) is 0 Å². The standard InChI is InChI=1S/C13H24N2/c1-4-12(5-2)14-10-11-15(3)13-8-6-7-9-13/h1,12-14H,5-11H2,2-3H3. The summed E-state index contributed by atoms with van der Waals surface area (Å²) in [5.41, 5.74) is 0. The average Bonchev–Trinajstić information content (AvgIpc) is 2.77. The van der Waals surface area contributed by atoms with Gasteiger partial charge in [-0.15, -0.1) is 6.42 Å². The van der Waals surface area contributed by atoms with Crippen LogP contribution in [0.4, 0.5) is 0 Å². The Bertz CT molecular complexity index is 201. The molecule has 86 valence electrons. The summed E-state index contributed by atoms with van der Waals surface area (Å²) in [7, 11) is 2.23. The van der Waals surface area contributed by atoms with Crippen LogP contribution < -0.4 is 5.32 Å². The molecule has 0 radical (unpaired) electrons. The Labute approximate surface area is 94.4 Å². The third-order valence-electron chi connectivity index (χ3n) is 3.41. The molecule has 1 atom stereocenters. The van der Waals surface area contributed by atoms with Crippen LogP contribution in [0.2, 0.25) is 0 Å². The molecule has 1 fully saturated rings. The second-order valence-corrected chi connectivity index (χ2v) is 4.50. The highest BCUT2D eigenvalue weighted by molar-refractivity contribution is 4.97. The molecule has 0 bridgehead atoms. The number of rotatable bonds is 6. The lowest BCUT2D eigenvalue weighted by Gasteiger charge is -2.24. The number of hydrogen-bond donors (Lipinski definition) is 1. The Morgan fingerprint density at radius 1 is 1.47 bits per heavy atom. The van der Waals surface area contributed by atoms with Crippen molar-refractivity contribution < 1.29 is 0 Å². The van der Waals surface area contributed by atoms with Crippen LogP contribution in [0.25, 0.3) is 0 Å². The van der Waals surface area contributed by atoms with Gasteiger partial charge in [0.15, 0.2) is 0 Å². The summed E-state index contributed by atoms with van der Waals surface area (Å²) in [5.74, 6) is 2.77. The fourth-order valence-electron chi connectivity index (χ4n) is 2.26. The van der Waals surface area contributed by atoms with Crippen molar-refractivity contribution in [1.82, 2.24) is 10.2 Å². The summed E-state index contributed by atoms with van der Waals surface area (Å²) < 4.78 is 0. The Hall–Kier alpha value is -0.520. The molecule has 1 saturated carbocycles. The monoisotopic (exact) mass is 208 g/mol. The van der Waals surface area contributed by atoms with Gasteiger partial charge in [0, 0.05) is 19.1 Å². The van der Waals surface area contributed by atoms with Crippen molar-refractivity contribution in [3.63, 3.8) is 0 Å². The fourth-order valence-corrected chi connectivity index (χ4v) is 2.26. The topological polar surface area (TPSA) is 15.3 Å². The maximum atomic E-state index is 5.40. The first-order chi connectivity index (χ1) is 7.27. The maximum absolute atomic E-state index is 5.40. The molecule has 0 heterocycles. The predicted molar refractivity (Wildman–Crippen MR) is 65.8 cm³/mol. The van der Waals surface area contributed by atoms with E-state index in [0.29, 0.717) is 0 Å². The van der Waals surface area contributed by atoms with E-state index < -0.39 is 0 Å². The Morgan fingerprint density at radius 3 is 2.67 bits per heavy atom. The lowest BCUT2D eigenvalue weighted by atomic mass is 10.2. The van der Waals surface area contributed by atoms with Crippen molar-refractivity contribution in [3.8, 4) is 12.3 Å². The average molecular weight is 208 g/mol. The smallest absolute Gasteiger partial charge is 0.0684 e. The lowest BCUT2D eigenvalue weighted by Crippen LogP contribution is -2.38. The van der Waals surface area contributed by atoms with E-state index in [4.69, 9.17) is 6.42 Å². The zero-order valence-electron chi connectivity index (χ0n) is 10.1. The van der Waals surface area contributed by atoms with Gasteiger partial charge in [-0.25, -0.2) is 0 Å². The molecule has 1 unspecified atom stereocenters. The van der Waals surface area contributed by atoms with Crippen molar-refractivity contribution in [2.45, 2.75) is 51.1 Å². The number of nitrogens with zero attached hydrogens (tertiary/aromatic N) is 1. The SMILES string of the molecule is C#CC(CC)NCCN(C)C1CCCC1. The Balaban J connectivity index is 2.11. The number of likely N-dealkylation sites (N-methyl/N-ethyl adjacent to an activating group) is 1. The van der Waals surface area contributed by atoms with E-state index in [9.17, 15) is 0 Å². The maximum Gasteiger partial charge on any atom is 0.0684 e. The summed E-state index contributed by atoms with van der Waals surface area (Å²) in [5, 5.41) is 3.40. The van der Waals surface area contributed by atoms with Gasteiger partial charge in [0.05, 0.1) is 6.04 Å². The summed E-state index contributed by atoms with van der Waals surface area (Å²) >= 11 is 0. The van der Waals surface area contributed by atoms with E-state index in [0.717, 1.165) is 25.6 Å².